The van der Waals surface area contributed by atoms with E-state index in [9.17, 15) is 39.6 Å². The van der Waals surface area contributed by atoms with E-state index in [0.717, 1.165) is 0 Å². The van der Waals surface area contributed by atoms with Crippen LogP contribution in [0.15, 0.2) is 0 Å². The number of carbonyl (C=O) groups is 4. The average Bonchev–Trinajstić information content (AvgIpc) is 2.65. The average molecular weight is 564 g/mol. The van der Waals surface area contributed by atoms with Gasteiger partial charge in [-0.15, -0.1) is 0 Å². The van der Waals surface area contributed by atoms with E-state index in [1.807, 2.05) is 0 Å². The maximum absolute atomic E-state index is 9.74. The molecule has 12 N–H and O–H groups in total. The number of aliphatic hydroxyl groups is 4. The molecule has 8 atom stereocenters. The van der Waals surface area contributed by atoms with Crippen LogP contribution in [0.3, 0.4) is 0 Å². The van der Waals surface area contributed by atoms with Gasteiger partial charge in [-0.25, -0.2) is 0 Å². The molecule has 0 saturated heterocycles. The minimum Gasteiger partial charge on any atom is -0.548 e. The molecule has 0 aromatic heterocycles. The number of hydrogen-bond acceptors (Lipinski definition) is 16. The Labute approximate surface area is 209 Å². The van der Waals surface area contributed by atoms with Crippen molar-refractivity contribution in [3.05, 3.63) is 0 Å². The predicted octanol–water partition coefficient (Wildman–Crippen LogP) is -10.2. The van der Waals surface area contributed by atoms with Gasteiger partial charge in [-0.3, -0.25) is 0 Å². The molecule has 0 unspecified atom stereocenters. The van der Waals surface area contributed by atoms with Crippen molar-refractivity contribution in [1.82, 2.24) is 0 Å². The molecule has 0 amide bonds. The zero-order chi connectivity index (χ0) is 26.9. The van der Waals surface area contributed by atoms with Crippen LogP contribution < -0.4 is 43.4 Å². The van der Waals surface area contributed by atoms with Gasteiger partial charge < -0.3 is 83.0 Å². The van der Waals surface area contributed by atoms with Gasteiger partial charge in [-0.1, -0.05) is 0 Å². The van der Waals surface area contributed by atoms with E-state index in [1.165, 1.54) is 27.7 Å². The van der Waals surface area contributed by atoms with Crippen LogP contribution in [0, 0.1) is 0 Å². The quantitative estimate of drug-likeness (QED) is 0.136. The van der Waals surface area contributed by atoms with E-state index in [2.05, 4.69) is 0 Å². The minimum absolute atomic E-state index is 0. The van der Waals surface area contributed by atoms with E-state index in [-0.39, 0.29) is 26.2 Å². The first kappa shape index (κ1) is 41.7. The van der Waals surface area contributed by atoms with E-state index in [1.54, 1.807) is 0 Å². The van der Waals surface area contributed by atoms with Crippen molar-refractivity contribution in [3.63, 3.8) is 0 Å². The fourth-order valence-electron chi connectivity index (χ4n) is 0.788. The largest absolute Gasteiger partial charge is 4.00 e. The van der Waals surface area contributed by atoms with Crippen LogP contribution in [-0.2, 0) is 45.4 Å². The minimum atomic E-state index is -1.43. The Hall–Kier alpha value is -1.56. The summed E-state index contributed by atoms with van der Waals surface area (Å²) in [6, 6.07) is -5.07. The summed E-state index contributed by atoms with van der Waals surface area (Å²) in [7, 11) is 0. The molecule has 0 aromatic carbocycles. The van der Waals surface area contributed by atoms with Crippen molar-refractivity contribution >= 4 is 23.9 Å². The second-order valence-electron chi connectivity index (χ2n) is 6.34. The van der Waals surface area contributed by atoms with Gasteiger partial charge in [0, 0.05) is 0 Å². The van der Waals surface area contributed by atoms with E-state index >= 15 is 0 Å². The standard InChI is InChI=1S/4C4H9NO3.Zr/c4*1-2(6)3(5)4(7)8;/h4*2-3,6H,5H2,1H3,(H,7,8);/q;;;;+4/p-4/t4*2-,3+;/m1111./s1. The molecule has 17 heteroatoms. The van der Waals surface area contributed by atoms with Crippen LogP contribution in [0.2, 0.25) is 0 Å². The number of rotatable bonds is 8. The summed E-state index contributed by atoms with van der Waals surface area (Å²) in [5, 5.41) is 72.8. The monoisotopic (exact) mass is 562 g/mol. The molecule has 0 fully saturated rings. The normalized spacial score (nSPS) is 16.8. The van der Waals surface area contributed by atoms with Crippen molar-refractivity contribution in [2.45, 2.75) is 76.3 Å². The molecule has 192 valence electrons. The van der Waals surface area contributed by atoms with Crippen LogP contribution >= 0.6 is 0 Å². The van der Waals surface area contributed by atoms with E-state index in [0.29, 0.717) is 0 Å². The van der Waals surface area contributed by atoms with Gasteiger partial charge in [-0.05, 0) is 27.7 Å². The van der Waals surface area contributed by atoms with Crippen LogP contribution in [0.25, 0.3) is 0 Å². The Morgan fingerprint density at radius 3 is 0.576 bits per heavy atom. The molecule has 0 aliphatic rings. The van der Waals surface area contributed by atoms with Crippen molar-refractivity contribution in [2.24, 2.45) is 22.9 Å². The van der Waals surface area contributed by atoms with Gasteiger partial charge in [0.05, 0.1) is 72.5 Å². The van der Waals surface area contributed by atoms with Crippen LogP contribution in [0.1, 0.15) is 27.7 Å². The van der Waals surface area contributed by atoms with Crippen molar-refractivity contribution in [2.75, 3.05) is 0 Å². The fraction of sp³-hybridized carbons (Fsp3) is 0.750. The molecule has 0 aliphatic carbocycles. The molecule has 0 spiro atoms. The summed E-state index contributed by atoms with van der Waals surface area (Å²) in [4.78, 5) is 39.0. The number of carbonyl (C=O) groups excluding carboxylic acids is 4. The molecule has 0 bridgehead atoms. The SMILES string of the molecule is C[C@@H](O)[C@H](N)C(=O)[O-].C[C@@H](O)[C@H](N)C(=O)[O-].C[C@@H](O)[C@H](N)C(=O)[O-].C[C@@H](O)[C@H](N)C(=O)[O-].[Zr+4]. The zero-order valence-corrected chi connectivity index (χ0v) is 20.9. The van der Waals surface area contributed by atoms with Gasteiger partial charge in [-0.2, -0.15) is 0 Å². The number of aliphatic carboxylic acids is 4. The Morgan fingerprint density at radius 2 is 0.576 bits per heavy atom. The number of hydrogen-bond donors (Lipinski definition) is 8. The zero-order valence-electron chi connectivity index (χ0n) is 18.5. The summed E-state index contributed by atoms with van der Waals surface area (Å²) in [5.74, 6) is -5.72. The van der Waals surface area contributed by atoms with Gasteiger partial charge in [0.1, 0.15) is 0 Å². The summed E-state index contributed by atoms with van der Waals surface area (Å²) < 4.78 is 0. The van der Waals surface area contributed by atoms with Gasteiger partial charge >= 0.3 is 26.2 Å². The number of nitrogens with two attached hydrogens (primary N) is 4. The van der Waals surface area contributed by atoms with E-state index < -0.39 is 72.5 Å². The molecule has 33 heavy (non-hydrogen) atoms. The Bertz CT molecular complexity index is 468. The number of carboxylic acid groups (broad SMARTS) is 4. The van der Waals surface area contributed by atoms with Gasteiger partial charge in [0.2, 0.25) is 0 Å². The third-order valence-electron chi connectivity index (χ3n) is 3.17. The molecule has 0 heterocycles. The first-order valence-corrected chi connectivity index (χ1v) is 8.80. The molecule has 0 aromatic rings. The van der Waals surface area contributed by atoms with Crippen molar-refractivity contribution < 1.29 is 86.2 Å². The van der Waals surface area contributed by atoms with Crippen LogP contribution in [-0.4, -0.2) is 92.9 Å². The molecule has 16 nitrogen and oxygen atoms in total. The summed E-state index contributed by atoms with van der Waals surface area (Å²) >= 11 is 0. The van der Waals surface area contributed by atoms with E-state index in [4.69, 9.17) is 43.4 Å². The van der Waals surface area contributed by atoms with Crippen molar-refractivity contribution in [3.8, 4) is 0 Å². The molecular weight excluding hydrogens is 531 g/mol. The number of carboxylic acids is 4. The maximum atomic E-state index is 9.74. The molecule has 0 aliphatic heterocycles. The van der Waals surface area contributed by atoms with Crippen LogP contribution in [0.5, 0.6) is 0 Å². The number of aliphatic hydroxyl groups excluding tert-OH is 4. The molecule has 0 saturated carbocycles. The molecule has 0 radical (unpaired) electrons. The third kappa shape index (κ3) is 26.6. The van der Waals surface area contributed by atoms with Gasteiger partial charge in [0.25, 0.3) is 0 Å². The Balaban J connectivity index is -0.000000105. The third-order valence-corrected chi connectivity index (χ3v) is 3.17. The molecule has 0 rings (SSSR count). The van der Waals surface area contributed by atoms with Crippen LogP contribution in [0.4, 0.5) is 0 Å². The summed E-state index contributed by atoms with van der Waals surface area (Å²) in [5.41, 5.74) is 19.4. The predicted molar refractivity (Wildman–Crippen MR) is 98.7 cm³/mol. The first-order valence-electron chi connectivity index (χ1n) is 8.80. The topological polar surface area (TPSA) is 346 Å². The first-order chi connectivity index (χ1) is 14.2. The molecular formula is C16H32N4O12Zr. The fourth-order valence-corrected chi connectivity index (χ4v) is 0.788. The summed E-state index contributed by atoms with van der Waals surface area (Å²) in [6.07, 6.45) is -4.17. The summed E-state index contributed by atoms with van der Waals surface area (Å²) in [6.45, 7) is 5.17. The van der Waals surface area contributed by atoms with Gasteiger partial charge in [0.15, 0.2) is 0 Å². The maximum Gasteiger partial charge on any atom is 4.00 e. The Kier molecular flexibility index (Phi) is 28.1. The second kappa shape index (κ2) is 22.2. The smallest absolute Gasteiger partial charge is 0.548 e. The second-order valence-corrected chi connectivity index (χ2v) is 6.34. The van der Waals surface area contributed by atoms with Crippen molar-refractivity contribution in [1.29, 1.82) is 0 Å². The Morgan fingerprint density at radius 1 is 0.485 bits per heavy atom.